The fourth-order valence-electron chi connectivity index (χ4n) is 3.32. The van der Waals surface area contributed by atoms with Crippen LogP contribution < -0.4 is 24.4 Å². The van der Waals surface area contributed by atoms with Crippen molar-refractivity contribution in [2.24, 2.45) is 0 Å². The summed E-state index contributed by atoms with van der Waals surface area (Å²) in [6, 6.07) is 19.8. The zero-order valence-corrected chi connectivity index (χ0v) is 18.8. The van der Waals surface area contributed by atoms with Crippen LogP contribution in [0.4, 0.5) is 11.4 Å². The Morgan fingerprint density at radius 3 is 2.67 bits per heavy atom. The third kappa shape index (κ3) is 5.75. The highest BCUT2D eigenvalue weighted by Gasteiger charge is 2.26. The summed E-state index contributed by atoms with van der Waals surface area (Å²) in [5.41, 5.74) is 2.31. The molecule has 33 heavy (non-hydrogen) atoms. The van der Waals surface area contributed by atoms with Crippen molar-refractivity contribution in [1.82, 2.24) is 0 Å². The third-order valence-electron chi connectivity index (χ3n) is 4.99. The number of anilines is 2. The van der Waals surface area contributed by atoms with Gasteiger partial charge in [0.05, 0.1) is 17.3 Å². The monoisotopic (exact) mass is 466 g/mol. The molecule has 8 heteroatoms. The predicted octanol–water partition coefficient (Wildman–Crippen LogP) is 4.47. The second kappa shape index (κ2) is 10.3. The third-order valence-corrected chi connectivity index (χ3v) is 5.30. The smallest absolute Gasteiger partial charge is 0.265 e. The van der Waals surface area contributed by atoms with Crippen LogP contribution >= 0.6 is 11.6 Å². The van der Waals surface area contributed by atoms with Gasteiger partial charge in [0, 0.05) is 11.8 Å². The number of ether oxygens (including phenoxy) is 3. The molecule has 1 aliphatic rings. The standard InChI is InChI=1S/C25H23ClN2O5/c1-17-6-9-19(10-7-17)31-13-12-28-21-11-8-18(14-23(21)33-16-25(28)30)27-24(29)15-32-22-5-3-2-4-20(22)26/h2-11,14H,12-13,15-16H2,1H3,(H,27,29). The highest BCUT2D eigenvalue weighted by atomic mass is 35.5. The van der Waals surface area contributed by atoms with Gasteiger partial charge in [0.1, 0.15) is 23.9 Å². The lowest BCUT2D eigenvalue weighted by Crippen LogP contribution is -2.41. The van der Waals surface area contributed by atoms with Crippen LogP contribution in [-0.2, 0) is 9.59 Å². The summed E-state index contributed by atoms with van der Waals surface area (Å²) in [5.74, 6) is 1.20. The van der Waals surface area contributed by atoms with E-state index in [4.69, 9.17) is 25.8 Å². The van der Waals surface area contributed by atoms with E-state index in [1.165, 1.54) is 0 Å². The molecule has 3 aromatic carbocycles. The summed E-state index contributed by atoms with van der Waals surface area (Å²) >= 11 is 6.04. The zero-order valence-electron chi connectivity index (χ0n) is 18.0. The van der Waals surface area contributed by atoms with E-state index < -0.39 is 0 Å². The number of hydrogen-bond acceptors (Lipinski definition) is 5. The Kier molecular flexibility index (Phi) is 7.00. The maximum absolute atomic E-state index is 12.4. The van der Waals surface area contributed by atoms with Crippen molar-refractivity contribution in [2.75, 3.05) is 36.6 Å². The van der Waals surface area contributed by atoms with Gasteiger partial charge in [-0.3, -0.25) is 9.59 Å². The van der Waals surface area contributed by atoms with Crippen LogP contribution in [0.3, 0.4) is 0 Å². The predicted molar refractivity (Wildman–Crippen MR) is 127 cm³/mol. The molecule has 1 aliphatic heterocycles. The number of fused-ring (bicyclic) bond motifs is 1. The van der Waals surface area contributed by atoms with E-state index in [-0.39, 0.29) is 25.0 Å². The Bertz CT molecular complexity index is 1150. The zero-order chi connectivity index (χ0) is 23.2. The molecule has 0 aliphatic carbocycles. The molecule has 2 amide bonds. The Labute approximate surface area is 196 Å². The lowest BCUT2D eigenvalue weighted by Gasteiger charge is -2.29. The molecule has 0 bridgehead atoms. The molecule has 0 saturated heterocycles. The van der Waals surface area contributed by atoms with Gasteiger partial charge >= 0.3 is 0 Å². The number of halogens is 1. The second-order valence-corrected chi connectivity index (χ2v) is 7.85. The van der Waals surface area contributed by atoms with Crippen molar-refractivity contribution in [3.8, 4) is 17.2 Å². The summed E-state index contributed by atoms with van der Waals surface area (Å²) in [7, 11) is 0. The molecular formula is C25H23ClN2O5. The number of benzene rings is 3. The normalized spacial score (nSPS) is 12.5. The average Bonchev–Trinajstić information content (AvgIpc) is 2.81. The molecule has 7 nitrogen and oxygen atoms in total. The van der Waals surface area contributed by atoms with Gasteiger partial charge in [-0.2, -0.15) is 0 Å². The summed E-state index contributed by atoms with van der Waals surface area (Å²) in [6.45, 7) is 2.45. The number of carbonyl (C=O) groups is 2. The van der Waals surface area contributed by atoms with E-state index >= 15 is 0 Å². The van der Waals surface area contributed by atoms with Crippen LogP contribution in [0.25, 0.3) is 0 Å². The Morgan fingerprint density at radius 2 is 1.88 bits per heavy atom. The van der Waals surface area contributed by atoms with Gasteiger partial charge in [0.15, 0.2) is 13.2 Å². The molecule has 4 rings (SSSR count). The number of carbonyl (C=O) groups excluding carboxylic acids is 2. The van der Waals surface area contributed by atoms with Gasteiger partial charge in [-0.15, -0.1) is 0 Å². The van der Waals surface area contributed by atoms with E-state index in [1.807, 2.05) is 31.2 Å². The van der Waals surface area contributed by atoms with Crippen LogP contribution in [0.1, 0.15) is 5.56 Å². The highest BCUT2D eigenvalue weighted by Crippen LogP contribution is 2.34. The summed E-state index contributed by atoms with van der Waals surface area (Å²) in [5, 5.41) is 3.20. The van der Waals surface area contributed by atoms with E-state index in [1.54, 1.807) is 47.4 Å². The molecule has 3 aromatic rings. The van der Waals surface area contributed by atoms with Crippen LogP contribution in [0.5, 0.6) is 17.2 Å². The van der Waals surface area contributed by atoms with E-state index in [9.17, 15) is 9.59 Å². The van der Waals surface area contributed by atoms with Crippen molar-refractivity contribution >= 4 is 34.8 Å². The summed E-state index contributed by atoms with van der Waals surface area (Å²) in [6.07, 6.45) is 0. The number of rotatable bonds is 8. The molecular weight excluding hydrogens is 444 g/mol. The fraction of sp³-hybridized carbons (Fsp3) is 0.200. The largest absolute Gasteiger partial charge is 0.492 e. The van der Waals surface area contributed by atoms with Crippen LogP contribution in [0, 0.1) is 6.92 Å². The Morgan fingerprint density at radius 1 is 1.09 bits per heavy atom. The van der Waals surface area contributed by atoms with Crippen LogP contribution in [0.2, 0.25) is 5.02 Å². The lowest BCUT2D eigenvalue weighted by molar-refractivity contribution is -0.121. The number of nitrogens with one attached hydrogen (secondary N) is 1. The number of aryl methyl sites for hydroxylation is 1. The molecule has 0 spiro atoms. The van der Waals surface area contributed by atoms with Gasteiger partial charge in [-0.1, -0.05) is 41.4 Å². The minimum absolute atomic E-state index is 0.0788. The van der Waals surface area contributed by atoms with Gasteiger partial charge in [0.2, 0.25) is 0 Å². The molecule has 0 aromatic heterocycles. The fourth-order valence-corrected chi connectivity index (χ4v) is 3.51. The first-order chi connectivity index (χ1) is 16.0. The first kappa shape index (κ1) is 22.5. The molecule has 1 N–H and O–H groups in total. The van der Waals surface area contributed by atoms with Crippen molar-refractivity contribution in [3.63, 3.8) is 0 Å². The van der Waals surface area contributed by atoms with E-state index in [2.05, 4.69) is 5.32 Å². The van der Waals surface area contributed by atoms with Gasteiger partial charge in [0.25, 0.3) is 11.8 Å². The van der Waals surface area contributed by atoms with Gasteiger partial charge < -0.3 is 24.4 Å². The van der Waals surface area contributed by atoms with E-state index in [0.29, 0.717) is 41.0 Å². The molecule has 0 saturated carbocycles. The second-order valence-electron chi connectivity index (χ2n) is 7.45. The summed E-state index contributed by atoms with van der Waals surface area (Å²) in [4.78, 5) is 26.3. The van der Waals surface area contributed by atoms with Gasteiger partial charge in [-0.05, 0) is 43.3 Å². The first-order valence-corrected chi connectivity index (χ1v) is 10.8. The van der Waals surface area contributed by atoms with E-state index in [0.717, 1.165) is 11.3 Å². The van der Waals surface area contributed by atoms with Crippen molar-refractivity contribution in [2.45, 2.75) is 6.92 Å². The summed E-state index contributed by atoms with van der Waals surface area (Å²) < 4.78 is 16.8. The van der Waals surface area contributed by atoms with Crippen molar-refractivity contribution in [1.29, 1.82) is 0 Å². The number of amides is 2. The highest BCUT2D eigenvalue weighted by molar-refractivity contribution is 6.32. The van der Waals surface area contributed by atoms with Crippen LogP contribution in [0.15, 0.2) is 66.7 Å². The maximum Gasteiger partial charge on any atom is 0.265 e. The molecule has 1 heterocycles. The quantitative estimate of drug-likeness (QED) is 0.530. The number of nitrogens with zero attached hydrogens (tertiary/aromatic N) is 1. The average molecular weight is 467 g/mol. The van der Waals surface area contributed by atoms with Crippen LogP contribution in [-0.4, -0.2) is 38.2 Å². The van der Waals surface area contributed by atoms with Crippen molar-refractivity contribution in [3.05, 3.63) is 77.3 Å². The van der Waals surface area contributed by atoms with Gasteiger partial charge in [-0.25, -0.2) is 0 Å². The number of para-hydroxylation sites is 1. The maximum atomic E-state index is 12.4. The molecule has 0 radical (unpaired) electrons. The SMILES string of the molecule is Cc1ccc(OCCN2C(=O)COc3cc(NC(=O)COc4ccccc4Cl)ccc32)cc1. The minimum atomic E-state index is -0.342. The minimum Gasteiger partial charge on any atom is -0.492 e. The topological polar surface area (TPSA) is 77.1 Å². The molecule has 170 valence electrons. The first-order valence-electron chi connectivity index (χ1n) is 10.4. The molecule has 0 atom stereocenters. The lowest BCUT2D eigenvalue weighted by atomic mass is 10.2. The number of hydrogen-bond donors (Lipinski definition) is 1. The molecule has 0 fully saturated rings. The van der Waals surface area contributed by atoms with Crippen molar-refractivity contribution < 1.29 is 23.8 Å². The Hall–Kier alpha value is -3.71. The Balaban J connectivity index is 1.35. The molecule has 0 unspecified atom stereocenters.